The highest BCUT2D eigenvalue weighted by Crippen LogP contribution is 2.35. The van der Waals surface area contributed by atoms with Crippen LogP contribution in [0.15, 0.2) is 36.4 Å². The van der Waals surface area contributed by atoms with Gasteiger partial charge in [-0.15, -0.1) is 0 Å². The SMILES string of the molecule is [NH3+]Cc1nc2cc3c(cc2n1Cc1cccc(C(=O)[O-])c1)OCCO3. The predicted molar refractivity (Wildman–Crippen MR) is 87.2 cm³/mol. The Morgan fingerprint density at radius 1 is 1.20 bits per heavy atom. The number of carbonyl (C=O) groups is 1. The van der Waals surface area contributed by atoms with Gasteiger partial charge in [-0.1, -0.05) is 18.2 Å². The highest BCUT2D eigenvalue weighted by molar-refractivity contribution is 5.86. The lowest BCUT2D eigenvalue weighted by molar-refractivity contribution is -0.388. The summed E-state index contributed by atoms with van der Waals surface area (Å²) in [5.74, 6) is 1.02. The minimum absolute atomic E-state index is 0.159. The maximum Gasteiger partial charge on any atom is 0.165 e. The third-order valence-corrected chi connectivity index (χ3v) is 4.22. The molecule has 7 heteroatoms. The molecule has 128 valence electrons. The van der Waals surface area contributed by atoms with E-state index >= 15 is 0 Å². The fourth-order valence-corrected chi connectivity index (χ4v) is 3.06. The first kappa shape index (κ1) is 15.5. The summed E-state index contributed by atoms with van der Waals surface area (Å²) < 4.78 is 13.3. The van der Waals surface area contributed by atoms with E-state index in [0.717, 1.165) is 22.4 Å². The van der Waals surface area contributed by atoms with Crippen molar-refractivity contribution in [3.05, 3.63) is 53.3 Å². The summed E-state index contributed by atoms with van der Waals surface area (Å²) in [6, 6.07) is 10.5. The van der Waals surface area contributed by atoms with E-state index in [1.807, 2.05) is 22.8 Å². The molecule has 1 aliphatic heterocycles. The summed E-state index contributed by atoms with van der Waals surface area (Å²) in [5, 5.41) is 11.1. The normalized spacial score (nSPS) is 13.2. The van der Waals surface area contributed by atoms with Crippen molar-refractivity contribution in [1.29, 1.82) is 0 Å². The van der Waals surface area contributed by atoms with Gasteiger partial charge in [0.1, 0.15) is 19.8 Å². The zero-order valence-corrected chi connectivity index (χ0v) is 13.5. The molecule has 3 aromatic rings. The molecule has 1 aromatic heterocycles. The van der Waals surface area contributed by atoms with Crippen molar-refractivity contribution < 1.29 is 25.1 Å². The number of nitrogens with zero attached hydrogens (tertiary/aromatic N) is 2. The Labute approximate surface area is 143 Å². The van der Waals surface area contributed by atoms with Crippen LogP contribution in [-0.4, -0.2) is 28.7 Å². The number of ether oxygens (including phenoxy) is 2. The number of aromatic carboxylic acids is 1. The number of carboxylic acids is 1. The van der Waals surface area contributed by atoms with Gasteiger partial charge in [-0.2, -0.15) is 0 Å². The highest BCUT2D eigenvalue weighted by atomic mass is 16.6. The lowest BCUT2D eigenvalue weighted by Crippen LogP contribution is -2.48. The van der Waals surface area contributed by atoms with Crippen LogP contribution in [0, 0.1) is 0 Å². The highest BCUT2D eigenvalue weighted by Gasteiger charge is 2.18. The number of quaternary nitrogens is 1. The van der Waals surface area contributed by atoms with Gasteiger partial charge >= 0.3 is 0 Å². The molecule has 2 aromatic carbocycles. The van der Waals surface area contributed by atoms with Crippen LogP contribution in [0.2, 0.25) is 0 Å². The Kier molecular flexibility index (Phi) is 3.77. The lowest BCUT2D eigenvalue weighted by atomic mass is 10.1. The molecule has 0 spiro atoms. The van der Waals surface area contributed by atoms with Crippen LogP contribution in [0.5, 0.6) is 11.5 Å². The molecule has 0 saturated carbocycles. The molecule has 0 bridgehead atoms. The Hall–Kier alpha value is -3.06. The van der Waals surface area contributed by atoms with E-state index in [2.05, 4.69) is 10.7 Å². The summed E-state index contributed by atoms with van der Waals surface area (Å²) in [6.07, 6.45) is 0. The first-order valence-electron chi connectivity index (χ1n) is 8.04. The van der Waals surface area contributed by atoms with Crippen LogP contribution < -0.4 is 20.3 Å². The standard InChI is InChI=1S/C18H17N3O4/c19-9-17-20-13-7-15-16(25-5-4-24-15)8-14(13)21(17)10-11-2-1-3-12(6-11)18(22)23/h1-3,6-8H,4-5,9-10,19H2,(H,22,23). The van der Waals surface area contributed by atoms with Crippen LogP contribution in [0.3, 0.4) is 0 Å². The maximum absolute atomic E-state index is 11.1. The van der Waals surface area contributed by atoms with E-state index in [1.54, 1.807) is 12.1 Å². The van der Waals surface area contributed by atoms with Crippen molar-refractivity contribution in [3.8, 4) is 11.5 Å². The largest absolute Gasteiger partial charge is 0.545 e. The van der Waals surface area contributed by atoms with Crippen molar-refractivity contribution in [2.24, 2.45) is 0 Å². The molecular formula is C18H17N3O4. The monoisotopic (exact) mass is 339 g/mol. The first-order valence-corrected chi connectivity index (χ1v) is 8.04. The predicted octanol–water partition coefficient (Wildman–Crippen LogP) is -0.0388. The van der Waals surface area contributed by atoms with Gasteiger partial charge in [0.05, 0.1) is 17.0 Å². The summed E-state index contributed by atoms with van der Waals surface area (Å²) in [5.41, 5.74) is 6.67. The van der Waals surface area contributed by atoms with Crippen molar-refractivity contribution >= 4 is 17.0 Å². The average molecular weight is 339 g/mol. The van der Waals surface area contributed by atoms with Crippen molar-refractivity contribution in [2.75, 3.05) is 13.2 Å². The molecule has 0 saturated heterocycles. The number of rotatable bonds is 4. The number of hydrogen-bond acceptors (Lipinski definition) is 5. The van der Waals surface area contributed by atoms with Gasteiger partial charge in [0.2, 0.25) is 0 Å². The fourth-order valence-electron chi connectivity index (χ4n) is 3.06. The quantitative estimate of drug-likeness (QED) is 0.718. The lowest BCUT2D eigenvalue weighted by Gasteiger charge is -2.18. The topological polar surface area (TPSA) is 104 Å². The zero-order chi connectivity index (χ0) is 17.4. The second-order valence-corrected chi connectivity index (χ2v) is 5.84. The Balaban J connectivity index is 1.80. The van der Waals surface area contributed by atoms with E-state index in [1.165, 1.54) is 6.07 Å². The number of carboxylic acid groups (broad SMARTS) is 1. The smallest absolute Gasteiger partial charge is 0.165 e. The van der Waals surface area contributed by atoms with Gasteiger partial charge in [0.25, 0.3) is 0 Å². The minimum Gasteiger partial charge on any atom is -0.545 e. The van der Waals surface area contributed by atoms with Gasteiger partial charge in [0, 0.05) is 18.7 Å². The minimum atomic E-state index is -1.19. The molecule has 1 aliphatic rings. The van der Waals surface area contributed by atoms with Gasteiger partial charge in [-0.05, 0) is 17.2 Å². The molecule has 4 rings (SSSR count). The molecule has 0 amide bonds. The molecule has 0 fully saturated rings. The first-order chi connectivity index (χ1) is 12.2. The molecule has 2 heterocycles. The molecule has 7 nitrogen and oxygen atoms in total. The number of carbonyl (C=O) groups excluding carboxylic acids is 1. The third-order valence-electron chi connectivity index (χ3n) is 4.22. The average Bonchev–Trinajstić information content (AvgIpc) is 2.96. The number of aromatic nitrogens is 2. The maximum atomic E-state index is 11.1. The second kappa shape index (κ2) is 6.10. The van der Waals surface area contributed by atoms with E-state index in [0.29, 0.717) is 37.8 Å². The summed E-state index contributed by atoms with van der Waals surface area (Å²) in [6.45, 7) is 2.04. The summed E-state index contributed by atoms with van der Waals surface area (Å²) >= 11 is 0. The van der Waals surface area contributed by atoms with Crippen molar-refractivity contribution in [2.45, 2.75) is 13.1 Å². The molecule has 0 atom stereocenters. The second-order valence-electron chi connectivity index (χ2n) is 5.84. The Morgan fingerprint density at radius 3 is 2.68 bits per heavy atom. The molecular weight excluding hydrogens is 322 g/mol. The summed E-state index contributed by atoms with van der Waals surface area (Å²) in [7, 11) is 0. The van der Waals surface area contributed by atoms with Crippen LogP contribution in [0.25, 0.3) is 11.0 Å². The van der Waals surface area contributed by atoms with E-state index in [9.17, 15) is 9.90 Å². The van der Waals surface area contributed by atoms with Crippen LogP contribution in [0.4, 0.5) is 0 Å². The molecule has 0 radical (unpaired) electrons. The molecule has 3 N–H and O–H groups in total. The number of hydrogen-bond donors (Lipinski definition) is 1. The van der Waals surface area contributed by atoms with Gasteiger partial charge in [-0.25, -0.2) is 4.98 Å². The summed E-state index contributed by atoms with van der Waals surface area (Å²) in [4.78, 5) is 15.7. The fraction of sp³-hybridized carbons (Fsp3) is 0.222. The number of benzene rings is 2. The molecule has 0 aliphatic carbocycles. The Morgan fingerprint density at radius 2 is 1.96 bits per heavy atom. The van der Waals surface area contributed by atoms with E-state index < -0.39 is 5.97 Å². The number of imidazole rings is 1. The third kappa shape index (κ3) is 2.78. The van der Waals surface area contributed by atoms with Crippen LogP contribution >= 0.6 is 0 Å². The van der Waals surface area contributed by atoms with Gasteiger partial charge in [0.15, 0.2) is 17.3 Å². The van der Waals surface area contributed by atoms with Crippen LogP contribution in [0.1, 0.15) is 21.7 Å². The van der Waals surface area contributed by atoms with Crippen molar-refractivity contribution in [1.82, 2.24) is 9.55 Å². The zero-order valence-electron chi connectivity index (χ0n) is 13.5. The Bertz CT molecular complexity index is 964. The van der Waals surface area contributed by atoms with Gasteiger partial charge < -0.3 is 29.7 Å². The number of fused-ring (bicyclic) bond motifs is 2. The molecule has 0 unspecified atom stereocenters. The van der Waals surface area contributed by atoms with Crippen LogP contribution in [-0.2, 0) is 13.1 Å². The van der Waals surface area contributed by atoms with Crippen molar-refractivity contribution in [3.63, 3.8) is 0 Å². The van der Waals surface area contributed by atoms with E-state index in [-0.39, 0.29) is 5.56 Å². The molecule has 25 heavy (non-hydrogen) atoms. The van der Waals surface area contributed by atoms with E-state index in [4.69, 9.17) is 9.47 Å². The van der Waals surface area contributed by atoms with Gasteiger partial charge in [-0.3, -0.25) is 0 Å².